The summed E-state index contributed by atoms with van der Waals surface area (Å²) in [5.41, 5.74) is 3.33. The van der Waals surface area contributed by atoms with E-state index in [2.05, 4.69) is 30.9 Å². The predicted octanol–water partition coefficient (Wildman–Crippen LogP) is 2.81. The summed E-state index contributed by atoms with van der Waals surface area (Å²) in [5.74, 6) is -0.0992. The third-order valence-corrected chi connectivity index (χ3v) is 3.75. The van der Waals surface area contributed by atoms with Crippen LogP contribution in [-0.4, -0.2) is 26.8 Å². The summed E-state index contributed by atoms with van der Waals surface area (Å²) in [5, 5.41) is 8.61. The molecule has 0 radical (unpaired) electrons. The molecule has 3 rings (SSSR count). The molecule has 0 aliphatic rings. The van der Waals surface area contributed by atoms with Crippen LogP contribution in [0.1, 0.15) is 28.7 Å². The average Bonchev–Trinajstić information content (AvgIpc) is 2.67. The van der Waals surface area contributed by atoms with Gasteiger partial charge >= 0.3 is 0 Å². The Labute approximate surface area is 162 Å². The number of benzene rings is 1. The molecule has 0 saturated heterocycles. The second-order valence-electron chi connectivity index (χ2n) is 6.14. The number of nitrogens with zero attached hydrogens (tertiary/aromatic N) is 3. The molecule has 0 fully saturated rings. The Bertz CT molecular complexity index is 974. The fourth-order valence-electron chi connectivity index (χ4n) is 2.48. The number of aromatic nitrogens is 3. The van der Waals surface area contributed by atoms with Crippen molar-refractivity contribution in [1.82, 2.24) is 20.3 Å². The van der Waals surface area contributed by atoms with Crippen molar-refractivity contribution in [3.8, 4) is 0 Å². The lowest BCUT2D eigenvalue weighted by Gasteiger charge is -2.10. The Morgan fingerprint density at radius 2 is 1.64 bits per heavy atom. The van der Waals surface area contributed by atoms with Crippen LogP contribution in [-0.2, 0) is 11.3 Å². The molecule has 8 heteroatoms. The van der Waals surface area contributed by atoms with E-state index in [1.807, 2.05) is 12.1 Å². The lowest BCUT2D eigenvalue weighted by molar-refractivity contribution is -0.114. The molecule has 0 atom stereocenters. The molecule has 2 heterocycles. The van der Waals surface area contributed by atoms with Gasteiger partial charge < -0.3 is 16.0 Å². The summed E-state index contributed by atoms with van der Waals surface area (Å²) in [4.78, 5) is 36.1. The number of amides is 2. The quantitative estimate of drug-likeness (QED) is 0.610. The van der Waals surface area contributed by atoms with Crippen LogP contribution in [0, 0.1) is 6.92 Å². The third-order valence-electron chi connectivity index (χ3n) is 3.75. The van der Waals surface area contributed by atoms with Crippen molar-refractivity contribution < 1.29 is 9.59 Å². The zero-order chi connectivity index (χ0) is 19.9. The zero-order valence-electron chi connectivity index (χ0n) is 15.6. The first kappa shape index (κ1) is 19.0. The van der Waals surface area contributed by atoms with Gasteiger partial charge in [-0.15, -0.1) is 0 Å². The monoisotopic (exact) mass is 376 g/mol. The molecule has 28 heavy (non-hydrogen) atoms. The van der Waals surface area contributed by atoms with Crippen LogP contribution in [0.25, 0.3) is 0 Å². The SMILES string of the molecule is CC(=O)Nc1ccc(Nc2nc(C)cc(C(=O)NCc3ccncc3)n2)cc1. The number of anilines is 3. The molecule has 0 aliphatic carbocycles. The lowest BCUT2D eigenvalue weighted by atomic mass is 10.2. The molecular weight excluding hydrogens is 356 g/mol. The van der Waals surface area contributed by atoms with Crippen molar-refractivity contribution in [2.45, 2.75) is 20.4 Å². The topological polar surface area (TPSA) is 109 Å². The van der Waals surface area contributed by atoms with E-state index in [0.717, 1.165) is 11.3 Å². The zero-order valence-corrected chi connectivity index (χ0v) is 15.6. The van der Waals surface area contributed by atoms with Crippen molar-refractivity contribution in [1.29, 1.82) is 0 Å². The van der Waals surface area contributed by atoms with Crippen LogP contribution in [0.5, 0.6) is 0 Å². The summed E-state index contributed by atoms with van der Waals surface area (Å²) in [6, 6.07) is 12.4. The van der Waals surface area contributed by atoms with E-state index in [0.29, 0.717) is 23.9 Å². The smallest absolute Gasteiger partial charge is 0.270 e. The minimum absolute atomic E-state index is 0.134. The van der Waals surface area contributed by atoms with E-state index in [1.54, 1.807) is 49.6 Å². The Balaban J connectivity index is 1.68. The molecule has 0 bridgehead atoms. The average molecular weight is 376 g/mol. The first-order chi connectivity index (χ1) is 13.5. The largest absolute Gasteiger partial charge is 0.347 e. The fourth-order valence-corrected chi connectivity index (χ4v) is 2.48. The van der Waals surface area contributed by atoms with Crippen molar-refractivity contribution in [2.75, 3.05) is 10.6 Å². The Morgan fingerprint density at radius 3 is 2.32 bits per heavy atom. The van der Waals surface area contributed by atoms with Gasteiger partial charge in [-0.3, -0.25) is 14.6 Å². The van der Waals surface area contributed by atoms with E-state index < -0.39 is 0 Å². The van der Waals surface area contributed by atoms with E-state index in [-0.39, 0.29) is 17.5 Å². The predicted molar refractivity (Wildman–Crippen MR) is 106 cm³/mol. The van der Waals surface area contributed by atoms with E-state index >= 15 is 0 Å². The van der Waals surface area contributed by atoms with Crippen LogP contribution >= 0.6 is 0 Å². The molecule has 0 spiro atoms. The number of nitrogens with one attached hydrogen (secondary N) is 3. The summed E-state index contributed by atoms with van der Waals surface area (Å²) in [7, 11) is 0. The highest BCUT2D eigenvalue weighted by Gasteiger charge is 2.11. The number of hydrogen-bond donors (Lipinski definition) is 3. The van der Waals surface area contributed by atoms with Crippen LogP contribution in [0.15, 0.2) is 54.9 Å². The van der Waals surface area contributed by atoms with Crippen molar-refractivity contribution in [2.24, 2.45) is 0 Å². The van der Waals surface area contributed by atoms with Gasteiger partial charge in [0.1, 0.15) is 5.69 Å². The third kappa shape index (κ3) is 5.34. The van der Waals surface area contributed by atoms with Gasteiger partial charge in [-0.25, -0.2) is 9.97 Å². The van der Waals surface area contributed by atoms with Gasteiger partial charge in [0.15, 0.2) is 0 Å². The van der Waals surface area contributed by atoms with Gasteiger partial charge in [0.05, 0.1) is 0 Å². The molecule has 3 N–H and O–H groups in total. The van der Waals surface area contributed by atoms with Gasteiger partial charge in [0.2, 0.25) is 11.9 Å². The van der Waals surface area contributed by atoms with Gasteiger partial charge in [0, 0.05) is 42.9 Å². The van der Waals surface area contributed by atoms with Gasteiger partial charge in [-0.2, -0.15) is 0 Å². The Kier molecular flexibility index (Phi) is 5.91. The van der Waals surface area contributed by atoms with Crippen LogP contribution in [0.4, 0.5) is 17.3 Å². The second kappa shape index (κ2) is 8.72. The van der Waals surface area contributed by atoms with Gasteiger partial charge in [-0.05, 0) is 55.0 Å². The van der Waals surface area contributed by atoms with Crippen LogP contribution in [0.2, 0.25) is 0 Å². The second-order valence-corrected chi connectivity index (χ2v) is 6.14. The summed E-state index contributed by atoms with van der Waals surface area (Å²) < 4.78 is 0. The highest BCUT2D eigenvalue weighted by atomic mass is 16.2. The lowest BCUT2D eigenvalue weighted by Crippen LogP contribution is -2.24. The minimum atomic E-state index is -0.286. The molecule has 8 nitrogen and oxygen atoms in total. The molecule has 2 aromatic heterocycles. The Hall–Kier alpha value is -3.81. The van der Waals surface area contributed by atoms with Gasteiger partial charge in [-0.1, -0.05) is 0 Å². The molecule has 0 aliphatic heterocycles. The number of rotatable bonds is 6. The molecule has 2 amide bonds. The highest BCUT2D eigenvalue weighted by molar-refractivity contribution is 5.92. The number of carbonyl (C=O) groups is 2. The molecule has 142 valence electrons. The van der Waals surface area contributed by atoms with Crippen molar-refractivity contribution in [3.63, 3.8) is 0 Å². The molecule has 0 saturated carbocycles. The normalized spacial score (nSPS) is 10.2. The van der Waals surface area contributed by atoms with Gasteiger partial charge in [0.25, 0.3) is 5.91 Å². The number of hydrogen-bond acceptors (Lipinski definition) is 6. The molecular formula is C20H20N6O2. The maximum atomic E-state index is 12.4. The first-order valence-electron chi connectivity index (χ1n) is 8.67. The summed E-state index contributed by atoms with van der Waals surface area (Å²) in [6.45, 7) is 3.64. The van der Waals surface area contributed by atoms with E-state index in [4.69, 9.17) is 0 Å². The van der Waals surface area contributed by atoms with Crippen molar-refractivity contribution >= 4 is 29.1 Å². The maximum absolute atomic E-state index is 12.4. The molecule has 3 aromatic rings. The minimum Gasteiger partial charge on any atom is -0.347 e. The molecule has 1 aromatic carbocycles. The number of carbonyl (C=O) groups excluding carboxylic acids is 2. The van der Waals surface area contributed by atoms with Crippen LogP contribution in [0.3, 0.4) is 0 Å². The Morgan fingerprint density at radius 1 is 0.964 bits per heavy atom. The highest BCUT2D eigenvalue weighted by Crippen LogP contribution is 2.17. The van der Waals surface area contributed by atoms with Crippen molar-refractivity contribution in [3.05, 3.63) is 71.8 Å². The molecule has 0 unspecified atom stereocenters. The van der Waals surface area contributed by atoms with E-state index in [1.165, 1.54) is 6.92 Å². The summed E-state index contributed by atoms with van der Waals surface area (Å²) in [6.07, 6.45) is 3.35. The van der Waals surface area contributed by atoms with E-state index in [9.17, 15) is 9.59 Å². The number of aryl methyl sites for hydroxylation is 1. The fraction of sp³-hybridized carbons (Fsp3) is 0.150. The maximum Gasteiger partial charge on any atom is 0.270 e. The first-order valence-corrected chi connectivity index (χ1v) is 8.67. The number of pyridine rings is 1. The van der Waals surface area contributed by atoms with Crippen LogP contribution < -0.4 is 16.0 Å². The standard InChI is InChI=1S/C20H20N6O2/c1-13-11-18(19(28)22-12-15-7-9-21-10-8-15)26-20(23-13)25-17-5-3-16(4-6-17)24-14(2)27/h3-11H,12H2,1-2H3,(H,22,28)(H,24,27)(H,23,25,26). The summed E-state index contributed by atoms with van der Waals surface area (Å²) >= 11 is 0.